The van der Waals surface area contributed by atoms with Gasteiger partial charge in [-0.25, -0.2) is 9.18 Å². The molecule has 2 aromatic carbocycles. The third-order valence-corrected chi connectivity index (χ3v) is 6.34. The molecule has 0 fully saturated rings. The van der Waals surface area contributed by atoms with E-state index in [2.05, 4.69) is 10.6 Å². The van der Waals surface area contributed by atoms with Crippen LogP contribution in [0.2, 0.25) is 0 Å². The van der Waals surface area contributed by atoms with E-state index < -0.39 is 17.7 Å². The molecule has 0 saturated carbocycles. The lowest BCUT2D eigenvalue weighted by molar-refractivity contribution is 0.0526. The van der Waals surface area contributed by atoms with Gasteiger partial charge in [-0.2, -0.15) is 0 Å². The first-order chi connectivity index (χ1) is 15.5. The van der Waals surface area contributed by atoms with Crippen molar-refractivity contribution < 1.29 is 23.5 Å². The molecule has 6 nitrogen and oxygen atoms in total. The average Bonchev–Trinajstić information content (AvgIpc) is 3.35. The first-order valence-corrected chi connectivity index (χ1v) is 11.1. The first kappa shape index (κ1) is 21.7. The maximum absolute atomic E-state index is 13.2. The maximum Gasteiger partial charge on any atom is 0.338 e. The van der Waals surface area contributed by atoms with Crippen LogP contribution in [0, 0.1) is 5.82 Å². The molecule has 0 unspecified atom stereocenters. The number of carbonyl (C=O) groups excluding carboxylic acids is 3. The first-order valence-electron chi connectivity index (χ1n) is 10.3. The normalized spacial score (nSPS) is 12.2. The molecule has 0 aliphatic heterocycles. The fraction of sp³-hybridized carbons (Fsp3) is 0.208. The maximum atomic E-state index is 13.2. The molecule has 0 radical (unpaired) electrons. The minimum Gasteiger partial charge on any atom is -0.462 e. The van der Waals surface area contributed by atoms with Gasteiger partial charge in [0, 0.05) is 16.1 Å². The second-order valence-electron chi connectivity index (χ2n) is 7.27. The third kappa shape index (κ3) is 4.55. The van der Waals surface area contributed by atoms with E-state index in [1.165, 1.54) is 35.6 Å². The number of hydrogen-bond acceptors (Lipinski definition) is 5. The number of aryl methyl sites for hydroxylation is 1. The Balaban J connectivity index is 1.55. The van der Waals surface area contributed by atoms with Crippen LogP contribution in [0.15, 0.2) is 48.5 Å². The topological polar surface area (TPSA) is 84.5 Å². The van der Waals surface area contributed by atoms with Gasteiger partial charge in [-0.3, -0.25) is 9.59 Å². The van der Waals surface area contributed by atoms with E-state index in [0.717, 1.165) is 29.7 Å². The van der Waals surface area contributed by atoms with Gasteiger partial charge in [0.2, 0.25) is 0 Å². The zero-order valence-electron chi connectivity index (χ0n) is 17.4. The summed E-state index contributed by atoms with van der Waals surface area (Å²) in [4.78, 5) is 38.7. The van der Waals surface area contributed by atoms with Crippen LogP contribution in [0.25, 0.3) is 0 Å². The molecule has 0 saturated heterocycles. The number of anilines is 2. The molecule has 2 amide bonds. The quantitative estimate of drug-likeness (QED) is 0.512. The lowest BCUT2D eigenvalue weighted by atomic mass is 10.1. The SMILES string of the molecule is CCOC(=O)c1ccc(NC(=O)c2c(NC(=O)c3ccc(F)cc3)sc3c2CCC3)cc1. The van der Waals surface area contributed by atoms with Crippen molar-refractivity contribution >= 4 is 39.8 Å². The van der Waals surface area contributed by atoms with Crippen molar-refractivity contribution in [2.75, 3.05) is 17.2 Å². The van der Waals surface area contributed by atoms with Crippen LogP contribution < -0.4 is 10.6 Å². The smallest absolute Gasteiger partial charge is 0.338 e. The predicted molar refractivity (Wildman–Crippen MR) is 121 cm³/mol. The van der Waals surface area contributed by atoms with Gasteiger partial charge in [-0.05, 0) is 80.3 Å². The molecule has 0 spiro atoms. The number of halogens is 1. The van der Waals surface area contributed by atoms with Crippen LogP contribution in [-0.2, 0) is 17.6 Å². The van der Waals surface area contributed by atoms with Crippen molar-refractivity contribution in [1.82, 2.24) is 0 Å². The highest BCUT2D eigenvalue weighted by atomic mass is 32.1. The van der Waals surface area contributed by atoms with Crippen molar-refractivity contribution in [3.8, 4) is 0 Å². The van der Waals surface area contributed by atoms with Gasteiger partial charge in [0.05, 0.1) is 17.7 Å². The van der Waals surface area contributed by atoms with E-state index in [-0.39, 0.29) is 12.5 Å². The second kappa shape index (κ2) is 9.32. The summed E-state index contributed by atoms with van der Waals surface area (Å²) in [6.07, 6.45) is 2.59. The zero-order chi connectivity index (χ0) is 22.7. The molecule has 8 heteroatoms. The molecule has 0 atom stereocenters. The number of esters is 1. The average molecular weight is 453 g/mol. The van der Waals surface area contributed by atoms with Crippen molar-refractivity contribution in [3.05, 3.63) is 81.5 Å². The van der Waals surface area contributed by atoms with Crippen molar-refractivity contribution in [2.45, 2.75) is 26.2 Å². The highest BCUT2D eigenvalue weighted by molar-refractivity contribution is 7.17. The zero-order valence-corrected chi connectivity index (χ0v) is 18.2. The minimum absolute atomic E-state index is 0.285. The van der Waals surface area contributed by atoms with Gasteiger partial charge in [0.15, 0.2) is 0 Å². The number of rotatable bonds is 6. The number of benzene rings is 2. The van der Waals surface area contributed by atoms with E-state index in [1.807, 2.05) is 0 Å². The number of thiophene rings is 1. The molecular formula is C24H21FN2O4S. The Morgan fingerprint density at radius 1 is 0.938 bits per heavy atom. The molecule has 0 bridgehead atoms. The Kier molecular flexibility index (Phi) is 6.32. The van der Waals surface area contributed by atoms with E-state index >= 15 is 0 Å². The molecule has 32 heavy (non-hydrogen) atoms. The molecule has 2 N–H and O–H groups in total. The van der Waals surface area contributed by atoms with Gasteiger partial charge in [-0.1, -0.05) is 0 Å². The number of carbonyl (C=O) groups is 3. The summed E-state index contributed by atoms with van der Waals surface area (Å²) in [5, 5.41) is 6.14. The summed E-state index contributed by atoms with van der Waals surface area (Å²) in [6, 6.07) is 11.7. The fourth-order valence-corrected chi connectivity index (χ4v) is 4.89. The van der Waals surface area contributed by atoms with Gasteiger partial charge in [0.1, 0.15) is 10.8 Å². The summed E-state index contributed by atoms with van der Waals surface area (Å²) < 4.78 is 18.1. The molecule has 164 valence electrons. The Morgan fingerprint density at radius 2 is 1.62 bits per heavy atom. The predicted octanol–water partition coefficient (Wildman–Crippen LogP) is 5.06. The molecule has 3 aromatic rings. The Hall–Kier alpha value is -3.52. The van der Waals surface area contributed by atoms with E-state index in [0.29, 0.717) is 27.4 Å². The van der Waals surface area contributed by atoms with Crippen molar-refractivity contribution in [1.29, 1.82) is 0 Å². The number of hydrogen-bond donors (Lipinski definition) is 2. The Labute approximate surface area is 188 Å². The number of nitrogens with one attached hydrogen (secondary N) is 2. The fourth-order valence-electron chi connectivity index (χ4n) is 3.61. The van der Waals surface area contributed by atoms with Crippen LogP contribution in [0.5, 0.6) is 0 Å². The summed E-state index contributed by atoms with van der Waals surface area (Å²) >= 11 is 1.40. The Bertz CT molecular complexity index is 1170. The second-order valence-corrected chi connectivity index (χ2v) is 8.38. The highest BCUT2D eigenvalue weighted by Gasteiger charge is 2.28. The third-order valence-electron chi connectivity index (χ3n) is 5.14. The number of amides is 2. The monoisotopic (exact) mass is 452 g/mol. The van der Waals surface area contributed by atoms with Crippen LogP contribution >= 0.6 is 11.3 Å². The molecule has 1 aliphatic rings. The number of ether oxygens (including phenoxy) is 1. The minimum atomic E-state index is -0.425. The largest absolute Gasteiger partial charge is 0.462 e. The van der Waals surface area contributed by atoms with Gasteiger partial charge in [-0.15, -0.1) is 11.3 Å². The molecule has 1 aromatic heterocycles. The van der Waals surface area contributed by atoms with Crippen molar-refractivity contribution in [2.24, 2.45) is 0 Å². The van der Waals surface area contributed by atoms with Crippen LogP contribution in [-0.4, -0.2) is 24.4 Å². The lowest BCUT2D eigenvalue weighted by Gasteiger charge is -2.10. The summed E-state index contributed by atoms with van der Waals surface area (Å²) in [5.74, 6) is -1.59. The summed E-state index contributed by atoms with van der Waals surface area (Å²) in [7, 11) is 0. The molecule has 1 heterocycles. The van der Waals surface area contributed by atoms with E-state index in [9.17, 15) is 18.8 Å². The van der Waals surface area contributed by atoms with E-state index in [1.54, 1.807) is 31.2 Å². The van der Waals surface area contributed by atoms with Crippen LogP contribution in [0.3, 0.4) is 0 Å². The summed E-state index contributed by atoms with van der Waals surface area (Å²) in [6.45, 7) is 2.02. The molecule has 1 aliphatic carbocycles. The van der Waals surface area contributed by atoms with E-state index in [4.69, 9.17) is 4.74 Å². The number of fused-ring (bicyclic) bond motifs is 1. The van der Waals surface area contributed by atoms with Crippen LogP contribution in [0.1, 0.15) is 54.9 Å². The Morgan fingerprint density at radius 3 is 2.31 bits per heavy atom. The molecular weight excluding hydrogens is 431 g/mol. The molecule has 4 rings (SSSR count). The highest BCUT2D eigenvalue weighted by Crippen LogP contribution is 2.39. The standard InChI is InChI=1S/C24H21FN2O4S/c1-2-31-24(30)15-8-12-17(13-9-15)26-22(29)20-18-4-3-5-19(18)32-23(20)27-21(28)14-6-10-16(25)11-7-14/h6-13H,2-5H2,1H3,(H,26,29)(H,27,28). The lowest BCUT2D eigenvalue weighted by Crippen LogP contribution is -2.18. The van der Waals surface area contributed by atoms with Crippen LogP contribution in [0.4, 0.5) is 15.1 Å². The van der Waals surface area contributed by atoms with Crippen molar-refractivity contribution in [3.63, 3.8) is 0 Å². The van der Waals surface area contributed by atoms with Gasteiger partial charge < -0.3 is 15.4 Å². The summed E-state index contributed by atoms with van der Waals surface area (Å²) in [5.41, 5.74) is 2.63. The van der Waals surface area contributed by atoms with Gasteiger partial charge in [0.25, 0.3) is 11.8 Å². The van der Waals surface area contributed by atoms with Gasteiger partial charge >= 0.3 is 5.97 Å².